The molecule has 1 fully saturated rings. The number of allylic oxidation sites excluding steroid dienone is 4. The van der Waals surface area contributed by atoms with Crippen molar-refractivity contribution in [3.05, 3.63) is 132 Å². The number of rotatable bonds is 3. The first-order chi connectivity index (χ1) is 26.6. The lowest BCUT2D eigenvalue weighted by atomic mass is 9.79. The first-order valence-corrected chi connectivity index (χ1v) is 20.9. The summed E-state index contributed by atoms with van der Waals surface area (Å²) < 4.78 is 55.4. The van der Waals surface area contributed by atoms with Gasteiger partial charge in [0.1, 0.15) is 6.10 Å². The minimum atomic E-state index is -0.750. The molecule has 298 valence electrons. The Hall–Kier alpha value is -3.74. The molecule has 55 heavy (non-hydrogen) atoms. The molecule has 11 heteroatoms. The Morgan fingerprint density at radius 2 is 1.11 bits per heavy atom. The summed E-state index contributed by atoms with van der Waals surface area (Å²) in [5.41, 5.74) is 6.90. The van der Waals surface area contributed by atoms with Gasteiger partial charge < -0.3 is 9.84 Å². The molecule has 0 saturated carbocycles. The Morgan fingerprint density at radius 1 is 0.600 bits per heavy atom. The second-order valence-corrected chi connectivity index (χ2v) is 14.8. The van der Waals surface area contributed by atoms with Crippen LogP contribution >= 0.6 is 0 Å². The maximum atomic E-state index is 10.1. The van der Waals surface area contributed by atoms with Crippen LogP contribution in [0.2, 0.25) is 0 Å². The van der Waals surface area contributed by atoms with Gasteiger partial charge in [-0.2, -0.15) is 25.3 Å². The van der Waals surface area contributed by atoms with E-state index in [0.717, 1.165) is 18.3 Å². The Balaban J connectivity index is 0.000000257. The molecule has 1 N–H and O–H groups in total. The molecule has 1 aliphatic heterocycles. The van der Waals surface area contributed by atoms with Crippen LogP contribution in [0.3, 0.4) is 0 Å². The van der Waals surface area contributed by atoms with Crippen molar-refractivity contribution in [2.75, 3.05) is 0 Å². The van der Waals surface area contributed by atoms with Crippen molar-refractivity contribution in [2.24, 2.45) is 29.6 Å². The van der Waals surface area contributed by atoms with Crippen molar-refractivity contribution in [1.82, 2.24) is 0 Å². The summed E-state index contributed by atoms with van der Waals surface area (Å²) in [5.74, 6) is 3.58. The van der Waals surface area contributed by atoms with Gasteiger partial charge in [-0.15, -0.1) is 0 Å². The third-order valence-electron chi connectivity index (χ3n) is 11.2. The topological polar surface area (TPSA) is 135 Å². The quantitative estimate of drug-likeness (QED) is 0.205. The van der Waals surface area contributed by atoms with E-state index in [1.165, 1.54) is 59.9 Å². The van der Waals surface area contributed by atoms with Gasteiger partial charge >= 0.3 is 34.7 Å². The third kappa shape index (κ3) is 16.5. The summed E-state index contributed by atoms with van der Waals surface area (Å²) in [6, 6.07) is 32.0. The summed E-state index contributed by atoms with van der Waals surface area (Å²) in [7, 11) is 0. The number of benzene rings is 3. The van der Waals surface area contributed by atoms with Crippen LogP contribution in [-0.2, 0) is 39.5 Å². The molecule has 3 aliphatic carbocycles. The Bertz CT molecular complexity index is 1700. The monoisotopic (exact) mass is 808 g/mol. The molecule has 8 nitrogen and oxygen atoms in total. The molecule has 3 aromatic carbocycles. The molecule has 7 rings (SSSR count). The second-order valence-electron chi connectivity index (χ2n) is 14.4. The zero-order valence-electron chi connectivity index (χ0n) is 32.4. The molecule has 0 spiro atoms. The van der Waals surface area contributed by atoms with E-state index in [4.69, 9.17) is 30.0 Å². The standard InChI is InChI=1S/C16H22O.C15H20.C13H14O.3O2S/c1-11-12(2)15(9-10-16(17)13(11)3)14-7-5-4-6-8-14;1-12-8-10-15(11-9-13(12)2)14-6-4-3-5-7-14;1-2-6-10(7-3-1)11-8-4-5-9-12-13(11)14-12;3*1-3-2/h4-9,11-13,16-17H,10H2,1-3H3;3-8,10,12-13,15H,9,11H2,1-2H3;1-3,6-8,12-13H,4-5,9H2;;;/t11-,12+,13-,16-;12-,13-,15?;12-,13+;;;/m111.../s1. The minimum absolute atomic E-state index is 0.200. The maximum absolute atomic E-state index is 10.1. The van der Waals surface area contributed by atoms with E-state index < -0.39 is 34.7 Å². The van der Waals surface area contributed by atoms with Crippen LogP contribution in [0.1, 0.15) is 95.8 Å². The summed E-state index contributed by atoms with van der Waals surface area (Å²) >= 11 is -2.25. The lowest BCUT2D eigenvalue weighted by Gasteiger charge is -2.27. The van der Waals surface area contributed by atoms with E-state index in [1.807, 2.05) is 6.07 Å². The summed E-state index contributed by atoms with van der Waals surface area (Å²) in [6.45, 7) is 11.4. The van der Waals surface area contributed by atoms with Crippen molar-refractivity contribution in [1.29, 1.82) is 0 Å². The van der Waals surface area contributed by atoms with Gasteiger partial charge in [-0.1, -0.05) is 150 Å². The van der Waals surface area contributed by atoms with E-state index in [-0.39, 0.29) is 6.10 Å². The molecular formula is C44H56O8S3. The smallest absolute Gasteiger partial charge is 0.335 e. The molecule has 0 amide bonds. The van der Waals surface area contributed by atoms with Crippen LogP contribution in [-0.4, -0.2) is 48.7 Å². The normalized spacial score (nSPS) is 27.3. The highest BCUT2D eigenvalue weighted by atomic mass is 32.1. The highest BCUT2D eigenvalue weighted by molar-refractivity contribution is 7.52. The third-order valence-corrected chi connectivity index (χ3v) is 11.2. The minimum Gasteiger partial charge on any atom is -0.393 e. The first-order valence-electron chi connectivity index (χ1n) is 18.9. The first kappa shape index (κ1) is 47.4. The van der Waals surface area contributed by atoms with Crippen molar-refractivity contribution in [3.8, 4) is 0 Å². The number of hydrogen-bond donors (Lipinski definition) is 1. The van der Waals surface area contributed by atoms with Crippen LogP contribution in [0, 0.1) is 29.6 Å². The fraction of sp³-hybridized carbons (Fsp3) is 0.455. The molecule has 1 heterocycles. The van der Waals surface area contributed by atoms with Crippen LogP contribution in [0.25, 0.3) is 11.1 Å². The van der Waals surface area contributed by atoms with E-state index in [0.29, 0.717) is 35.9 Å². The summed E-state index contributed by atoms with van der Waals surface area (Å²) in [6.07, 6.45) is 17.2. The van der Waals surface area contributed by atoms with Crippen LogP contribution < -0.4 is 0 Å². The predicted molar refractivity (Wildman–Crippen MR) is 222 cm³/mol. The van der Waals surface area contributed by atoms with Crippen LogP contribution in [0.5, 0.6) is 0 Å². The van der Waals surface area contributed by atoms with Gasteiger partial charge in [-0.05, 0) is 96.0 Å². The SMILES string of the molecule is C1=C(c2ccccc2)[C@@H]2O[C@@H]2CCC1.C[C@@H]1C=CC(c2ccccc2)CC[C@H]1C.C[C@@H]1[C@H](C)[C@H](C)C(c2ccccc2)=CC[C@H]1O.O=S=O.O=S=O.O=S=O. The van der Waals surface area contributed by atoms with Crippen molar-refractivity contribution in [3.63, 3.8) is 0 Å². The van der Waals surface area contributed by atoms with Crippen LogP contribution in [0.15, 0.2) is 115 Å². The molecule has 0 radical (unpaired) electrons. The Morgan fingerprint density at radius 3 is 1.65 bits per heavy atom. The number of aliphatic hydroxyl groups excluding tert-OH is 1. The summed E-state index contributed by atoms with van der Waals surface area (Å²) in [4.78, 5) is 0. The zero-order valence-corrected chi connectivity index (χ0v) is 34.9. The number of ether oxygens (including phenoxy) is 1. The fourth-order valence-corrected chi connectivity index (χ4v) is 7.27. The van der Waals surface area contributed by atoms with Gasteiger partial charge in [0.15, 0.2) is 0 Å². The molecule has 9 atom stereocenters. The predicted octanol–water partition coefficient (Wildman–Crippen LogP) is 9.15. The molecule has 1 unspecified atom stereocenters. The molecule has 4 aliphatic rings. The van der Waals surface area contributed by atoms with Gasteiger partial charge in [0.2, 0.25) is 0 Å². The molecule has 0 aromatic heterocycles. The summed E-state index contributed by atoms with van der Waals surface area (Å²) in [5, 5.41) is 10.1. The van der Waals surface area contributed by atoms with Gasteiger partial charge in [-0.3, -0.25) is 0 Å². The van der Waals surface area contributed by atoms with Gasteiger partial charge in [0, 0.05) is 5.92 Å². The van der Waals surface area contributed by atoms with E-state index in [2.05, 4.69) is 144 Å². The van der Waals surface area contributed by atoms with E-state index >= 15 is 0 Å². The lowest BCUT2D eigenvalue weighted by molar-refractivity contribution is 0.0848. The lowest BCUT2D eigenvalue weighted by Crippen LogP contribution is -2.25. The zero-order chi connectivity index (χ0) is 40.6. The number of hydrogen-bond acceptors (Lipinski definition) is 8. The van der Waals surface area contributed by atoms with Crippen molar-refractivity contribution < 1.29 is 35.1 Å². The Kier molecular flexibility index (Phi) is 23.2. The molecule has 1 saturated heterocycles. The van der Waals surface area contributed by atoms with Gasteiger partial charge in [0.05, 0.1) is 12.2 Å². The van der Waals surface area contributed by atoms with Gasteiger partial charge in [-0.25, -0.2) is 0 Å². The maximum Gasteiger partial charge on any atom is 0.335 e. The van der Waals surface area contributed by atoms with Crippen molar-refractivity contribution in [2.45, 2.75) is 97.4 Å². The largest absolute Gasteiger partial charge is 0.393 e. The fourth-order valence-electron chi connectivity index (χ4n) is 7.27. The Labute approximate surface area is 338 Å². The van der Waals surface area contributed by atoms with E-state index in [1.54, 1.807) is 0 Å². The number of epoxide rings is 1. The van der Waals surface area contributed by atoms with Crippen LogP contribution in [0.4, 0.5) is 0 Å². The van der Waals surface area contributed by atoms with Crippen molar-refractivity contribution >= 4 is 45.9 Å². The average Bonchev–Trinajstić information content (AvgIpc) is 4.03. The highest BCUT2D eigenvalue weighted by Crippen LogP contribution is 2.41. The molecule has 0 bridgehead atoms. The molecular weight excluding hydrogens is 753 g/mol. The average molecular weight is 809 g/mol. The number of aliphatic hydroxyl groups is 1. The highest BCUT2D eigenvalue weighted by Gasteiger charge is 2.42. The van der Waals surface area contributed by atoms with E-state index in [9.17, 15) is 5.11 Å². The number of fused-ring (bicyclic) bond motifs is 1. The van der Waals surface area contributed by atoms with Gasteiger partial charge in [0.25, 0.3) is 0 Å². The second kappa shape index (κ2) is 27.0. The molecule has 3 aromatic rings.